The number of rotatable bonds is 4. The minimum atomic E-state index is -0.441. The molecule has 0 saturated carbocycles. The van der Waals surface area contributed by atoms with Crippen LogP contribution in [0.15, 0.2) is 37.1 Å². The van der Waals surface area contributed by atoms with Gasteiger partial charge in [0.1, 0.15) is 0 Å². The van der Waals surface area contributed by atoms with Crippen LogP contribution in [-0.4, -0.2) is 40.6 Å². The van der Waals surface area contributed by atoms with E-state index >= 15 is 0 Å². The smallest absolute Gasteiger partial charge is 0.306 e. The Bertz CT molecular complexity index is 1180. The lowest BCUT2D eigenvalue weighted by Crippen LogP contribution is -2.21. The highest BCUT2D eigenvalue weighted by Gasteiger charge is 2.17. The third kappa shape index (κ3) is 3.74. The number of aromatic nitrogens is 7. The summed E-state index contributed by atoms with van der Waals surface area (Å²) in [6.45, 7) is 5.97. The van der Waals surface area contributed by atoms with Gasteiger partial charge in [0.25, 0.3) is 0 Å². The maximum absolute atomic E-state index is 12.5. The number of fused-ring (bicyclic) bond motifs is 1. The average Bonchev–Trinajstić information content (AvgIpc) is 3.30. The summed E-state index contributed by atoms with van der Waals surface area (Å²) in [6.07, 6.45) is 7.98. The van der Waals surface area contributed by atoms with Crippen molar-refractivity contribution in [3.63, 3.8) is 0 Å². The van der Waals surface area contributed by atoms with E-state index in [4.69, 9.17) is 11.6 Å². The van der Waals surface area contributed by atoms with Gasteiger partial charge in [-0.2, -0.15) is 15.3 Å². The van der Waals surface area contributed by atoms with Crippen LogP contribution in [0.5, 0.6) is 0 Å². The van der Waals surface area contributed by atoms with E-state index in [1.54, 1.807) is 16.8 Å². The van der Waals surface area contributed by atoms with Crippen LogP contribution in [0.25, 0.3) is 11.5 Å². The molecule has 0 unspecified atom stereocenters. The quantitative estimate of drug-likeness (QED) is 0.531. The van der Waals surface area contributed by atoms with Crippen molar-refractivity contribution in [2.75, 3.05) is 10.6 Å². The molecule has 2 amide bonds. The summed E-state index contributed by atoms with van der Waals surface area (Å²) in [7, 11) is 0. The fourth-order valence-electron chi connectivity index (χ4n) is 2.99. The van der Waals surface area contributed by atoms with Gasteiger partial charge in [-0.3, -0.25) is 0 Å². The van der Waals surface area contributed by atoms with Crippen molar-refractivity contribution >= 4 is 34.7 Å². The lowest BCUT2D eigenvalue weighted by molar-refractivity contribution is 0.262. The van der Waals surface area contributed by atoms with Crippen molar-refractivity contribution in [1.82, 2.24) is 34.6 Å². The molecule has 0 aliphatic heterocycles. The Kier molecular flexibility index (Phi) is 4.85. The van der Waals surface area contributed by atoms with Crippen LogP contribution in [0.1, 0.15) is 31.0 Å². The highest BCUT2D eigenvalue weighted by Crippen LogP contribution is 2.28. The van der Waals surface area contributed by atoms with Crippen molar-refractivity contribution in [3.05, 3.63) is 53.3 Å². The summed E-state index contributed by atoms with van der Waals surface area (Å²) in [5.74, 6) is 0.503. The number of hydrogen-bond donors (Lipinski definition) is 2. The van der Waals surface area contributed by atoms with Gasteiger partial charge in [0.05, 0.1) is 53.1 Å². The van der Waals surface area contributed by atoms with Gasteiger partial charge in [0.15, 0.2) is 11.5 Å². The Morgan fingerprint density at radius 1 is 1.14 bits per heavy atom. The van der Waals surface area contributed by atoms with Crippen molar-refractivity contribution in [1.29, 1.82) is 0 Å². The number of carbonyl (C=O) groups excluding carboxylic acids is 1. The highest BCUT2D eigenvalue weighted by atomic mass is 35.5. The molecule has 4 aromatic rings. The van der Waals surface area contributed by atoms with Gasteiger partial charge in [-0.1, -0.05) is 25.4 Å². The number of urea groups is 1. The number of halogens is 1. The van der Waals surface area contributed by atoms with Crippen LogP contribution >= 0.6 is 11.6 Å². The minimum Gasteiger partial charge on any atom is -0.306 e. The van der Waals surface area contributed by atoms with E-state index in [1.165, 1.54) is 23.4 Å². The van der Waals surface area contributed by atoms with Crippen molar-refractivity contribution < 1.29 is 4.79 Å². The SMILES string of the molecule is Cc1cn2ncc(NC(=O)Nc3cnc(-n4nccn4)c(Cl)c3)c(C(C)C)c2n1. The van der Waals surface area contributed by atoms with Crippen LogP contribution in [0, 0.1) is 6.92 Å². The zero-order chi connectivity index (χ0) is 20.5. The summed E-state index contributed by atoms with van der Waals surface area (Å²) in [5.41, 5.74) is 3.50. The van der Waals surface area contributed by atoms with Crippen molar-refractivity contribution in [3.8, 4) is 5.82 Å². The van der Waals surface area contributed by atoms with E-state index < -0.39 is 6.03 Å². The molecule has 11 heteroatoms. The van der Waals surface area contributed by atoms with Gasteiger partial charge in [0.2, 0.25) is 0 Å². The number of pyridine rings is 1. The Balaban J connectivity index is 1.56. The molecule has 0 saturated heterocycles. The average molecular weight is 412 g/mol. The first kappa shape index (κ1) is 18.8. The molecule has 4 heterocycles. The molecule has 0 aromatic carbocycles. The second kappa shape index (κ2) is 7.47. The maximum Gasteiger partial charge on any atom is 0.323 e. The van der Waals surface area contributed by atoms with Crippen LogP contribution < -0.4 is 10.6 Å². The fraction of sp³-hybridized carbons (Fsp3) is 0.222. The third-order valence-electron chi connectivity index (χ3n) is 4.16. The number of anilines is 2. The molecule has 4 rings (SSSR count). The molecule has 0 bridgehead atoms. The molecule has 0 fully saturated rings. The maximum atomic E-state index is 12.5. The van der Waals surface area contributed by atoms with E-state index in [2.05, 4.69) is 35.9 Å². The van der Waals surface area contributed by atoms with Gasteiger partial charge >= 0.3 is 6.03 Å². The lowest BCUT2D eigenvalue weighted by Gasteiger charge is -2.15. The predicted molar refractivity (Wildman–Crippen MR) is 109 cm³/mol. The first-order chi connectivity index (χ1) is 13.9. The van der Waals surface area contributed by atoms with Crippen molar-refractivity contribution in [2.45, 2.75) is 26.7 Å². The second-order valence-corrected chi connectivity index (χ2v) is 7.11. The summed E-state index contributed by atoms with van der Waals surface area (Å²) < 4.78 is 1.71. The number of nitrogens with zero attached hydrogens (tertiary/aromatic N) is 7. The molecule has 0 spiro atoms. The highest BCUT2D eigenvalue weighted by molar-refractivity contribution is 6.32. The number of amides is 2. The molecule has 29 heavy (non-hydrogen) atoms. The zero-order valence-electron chi connectivity index (χ0n) is 16.0. The Labute approximate surface area is 170 Å². The molecule has 10 nitrogen and oxygen atoms in total. The summed E-state index contributed by atoms with van der Waals surface area (Å²) in [5, 5.41) is 18.2. The standard InChI is InChI=1S/C18H18ClN9O/c1-10(2)15-14(8-23-27-9-11(3)24-17(15)27)26-18(29)25-12-6-13(19)16(20-7-12)28-21-4-5-22-28/h4-10H,1-3H3,(H2,25,26,29). The molecular weight excluding hydrogens is 394 g/mol. The van der Waals surface area contributed by atoms with E-state index in [0.717, 1.165) is 16.9 Å². The van der Waals surface area contributed by atoms with Crippen LogP contribution in [-0.2, 0) is 0 Å². The topological polar surface area (TPSA) is 115 Å². The molecule has 4 aromatic heterocycles. The molecule has 0 aliphatic carbocycles. The monoisotopic (exact) mass is 411 g/mol. The van der Waals surface area contributed by atoms with E-state index in [1.807, 2.05) is 27.0 Å². The summed E-state index contributed by atoms with van der Waals surface area (Å²) in [6, 6.07) is 1.14. The number of imidazole rings is 1. The second-order valence-electron chi connectivity index (χ2n) is 6.70. The first-order valence-corrected chi connectivity index (χ1v) is 9.25. The molecular formula is C18H18ClN9O. The minimum absolute atomic E-state index is 0.134. The summed E-state index contributed by atoms with van der Waals surface area (Å²) in [4.78, 5) is 22.6. The third-order valence-corrected chi connectivity index (χ3v) is 4.44. The fourth-order valence-corrected chi connectivity index (χ4v) is 3.23. The normalized spacial score (nSPS) is 11.2. The number of nitrogens with one attached hydrogen (secondary N) is 2. The van der Waals surface area contributed by atoms with Crippen LogP contribution in [0.2, 0.25) is 5.02 Å². The van der Waals surface area contributed by atoms with Gasteiger partial charge in [-0.25, -0.2) is 19.3 Å². The largest absolute Gasteiger partial charge is 0.323 e. The lowest BCUT2D eigenvalue weighted by atomic mass is 10.0. The number of aryl methyl sites for hydroxylation is 1. The predicted octanol–water partition coefficient (Wildman–Crippen LogP) is 3.43. The molecule has 0 aliphatic rings. The molecule has 148 valence electrons. The number of carbonyl (C=O) groups is 1. The Morgan fingerprint density at radius 3 is 2.59 bits per heavy atom. The molecule has 2 N–H and O–H groups in total. The number of hydrogen-bond acceptors (Lipinski definition) is 6. The van der Waals surface area contributed by atoms with Gasteiger partial charge in [-0.05, 0) is 18.9 Å². The Morgan fingerprint density at radius 2 is 1.90 bits per heavy atom. The van der Waals surface area contributed by atoms with Gasteiger partial charge in [-0.15, -0.1) is 4.80 Å². The summed E-state index contributed by atoms with van der Waals surface area (Å²) >= 11 is 6.24. The Hall–Kier alpha value is -3.53. The van der Waals surface area contributed by atoms with Crippen LogP contribution in [0.4, 0.5) is 16.2 Å². The molecule has 0 atom stereocenters. The van der Waals surface area contributed by atoms with E-state index in [9.17, 15) is 4.79 Å². The van der Waals surface area contributed by atoms with Gasteiger partial charge in [0, 0.05) is 5.56 Å². The van der Waals surface area contributed by atoms with Gasteiger partial charge < -0.3 is 10.6 Å². The van der Waals surface area contributed by atoms with E-state index in [0.29, 0.717) is 22.2 Å². The first-order valence-electron chi connectivity index (χ1n) is 8.87. The zero-order valence-corrected chi connectivity index (χ0v) is 16.7. The van der Waals surface area contributed by atoms with E-state index in [-0.39, 0.29) is 5.92 Å². The van der Waals surface area contributed by atoms with Crippen molar-refractivity contribution in [2.24, 2.45) is 0 Å². The molecule has 0 radical (unpaired) electrons. The van der Waals surface area contributed by atoms with Crippen LogP contribution in [0.3, 0.4) is 0 Å².